The van der Waals surface area contributed by atoms with Gasteiger partial charge in [-0.2, -0.15) is 10.4 Å². The SMILES string of the molecule is Cc1cc2nccc(-c3ccc(OC[C@](C)(CC(C)C)NC(=O)OC(C)(C)C)c(C#N)c3)n2n1. The second kappa shape index (κ2) is 9.72. The highest BCUT2D eigenvalue weighted by atomic mass is 16.6. The number of alkyl carbamates (subject to hydrolysis) is 1. The Bertz CT molecular complexity index is 1220. The minimum Gasteiger partial charge on any atom is -0.490 e. The van der Waals surface area contributed by atoms with Crippen LogP contribution in [0.4, 0.5) is 4.79 Å². The predicted molar refractivity (Wildman–Crippen MR) is 131 cm³/mol. The van der Waals surface area contributed by atoms with Gasteiger partial charge in [-0.3, -0.25) is 0 Å². The molecule has 0 unspecified atom stereocenters. The van der Waals surface area contributed by atoms with Crippen LogP contribution >= 0.6 is 0 Å². The number of carbonyl (C=O) groups excluding carboxylic acids is 1. The molecule has 1 amide bonds. The summed E-state index contributed by atoms with van der Waals surface area (Å²) in [4.78, 5) is 16.8. The number of aromatic nitrogens is 3. The van der Waals surface area contributed by atoms with Crippen molar-refractivity contribution >= 4 is 11.7 Å². The summed E-state index contributed by atoms with van der Waals surface area (Å²) in [6.07, 6.45) is 1.91. The number of ether oxygens (including phenoxy) is 2. The van der Waals surface area contributed by atoms with Crippen molar-refractivity contribution in [3.05, 3.63) is 47.8 Å². The van der Waals surface area contributed by atoms with Crippen molar-refractivity contribution in [3.8, 4) is 23.1 Å². The van der Waals surface area contributed by atoms with E-state index in [-0.39, 0.29) is 6.61 Å². The second-order valence-corrected chi connectivity index (χ2v) is 10.3. The molecule has 0 saturated carbocycles. The second-order valence-electron chi connectivity index (χ2n) is 10.3. The van der Waals surface area contributed by atoms with E-state index in [4.69, 9.17) is 9.47 Å². The number of carbonyl (C=O) groups is 1. The van der Waals surface area contributed by atoms with Gasteiger partial charge < -0.3 is 14.8 Å². The molecule has 8 heteroatoms. The van der Waals surface area contributed by atoms with Gasteiger partial charge in [-0.15, -0.1) is 0 Å². The van der Waals surface area contributed by atoms with Crippen LogP contribution in [0.1, 0.15) is 59.2 Å². The number of nitriles is 1. The van der Waals surface area contributed by atoms with E-state index in [1.54, 1.807) is 22.8 Å². The molecule has 0 saturated heterocycles. The quantitative estimate of drug-likeness (QED) is 0.511. The van der Waals surface area contributed by atoms with Crippen LogP contribution in [-0.4, -0.2) is 38.4 Å². The molecule has 0 radical (unpaired) electrons. The minimum atomic E-state index is -0.675. The molecule has 3 rings (SSSR count). The van der Waals surface area contributed by atoms with E-state index in [2.05, 4.69) is 35.3 Å². The van der Waals surface area contributed by atoms with Gasteiger partial charge in [0.05, 0.1) is 22.5 Å². The lowest BCUT2D eigenvalue weighted by molar-refractivity contribution is 0.0408. The first kappa shape index (κ1) is 25.0. The van der Waals surface area contributed by atoms with E-state index < -0.39 is 17.2 Å². The van der Waals surface area contributed by atoms with Crippen molar-refractivity contribution in [1.82, 2.24) is 19.9 Å². The molecule has 0 spiro atoms. The lowest BCUT2D eigenvalue weighted by atomic mass is 9.91. The van der Waals surface area contributed by atoms with Crippen LogP contribution in [0.2, 0.25) is 0 Å². The minimum absolute atomic E-state index is 0.191. The summed E-state index contributed by atoms with van der Waals surface area (Å²) in [7, 11) is 0. The summed E-state index contributed by atoms with van der Waals surface area (Å²) in [5.41, 5.74) is 2.39. The monoisotopic (exact) mass is 463 g/mol. The maximum absolute atomic E-state index is 12.4. The summed E-state index contributed by atoms with van der Waals surface area (Å²) in [5, 5.41) is 17.3. The van der Waals surface area contributed by atoms with Crippen LogP contribution < -0.4 is 10.1 Å². The molecule has 1 atom stereocenters. The average Bonchev–Trinajstić information content (AvgIpc) is 3.10. The smallest absolute Gasteiger partial charge is 0.408 e. The topological polar surface area (TPSA) is 102 Å². The molecule has 0 bridgehead atoms. The lowest BCUT2D eigenvalue weighted by Gasteiger charge is -2.33. The zero-order chi connectivity index (χ0) is 25.1. The van der Waals surface area contributed by atoms with Crippen LogP contribution in [0.3, 0.4) is 0 Å². The Labute approximate surface area is 200 Å². The van der Waals surface area contributed by atoms with E-state index in [1.165, 1.54) is 0 Å². The van der Waals surface area contributed by atoms with Crippen molar-refractivity contribution in [2.75, 3.05) is 6.61 Å². The lowest BCUT2D eigenvalue weighted by Crippen LogP contribution is -2.52. The number of fused-ring (bicyclic) bond motifs is 1. The number of benzene rings is 1. The standard InChI is InChI=1S/C26H33N5O3/c1-17(2)14-26(7,29-24(32)34-25(4,5)6)16-33-22-9-8-19(13-20(22)15-27)21-10-11-28-23-12-18(3)30-31(21)23/h8-13,17H,14,16H2,1-7H3,(H,29,32)/t26-/m0/s1. The molecule has 0 aliphatic heterocycles. The van der Waals surface area contributed by atoms with Crippen molar-refractivity contribution in [1.29, 1.82) is 5.26 Å². The summed E-state index contributed by atoms with van der Waals surface area (Å²) in [5.74, 6) is 0.766. The van der Waals surface area contributed by atoms with Crippen LogP contribution in [0.5, 0.6) is 5.75 Å². The molecule has 0 aliphatic carbocycles. The highest BCUT2D eigenvalue weighted by molar-refractivity contribution is 5.69. The number of rotatable bonds is 7. The van der Waals surface area contributed by atoms with Gasteiger partial charge >= 0.3 is 6.09 Å². The van der Waals surface area contributed by atoms with Crippen LogP contribution in [0.25, 0.3) is 16.9 Å². The summed E-state index contributed by atoms with van der Waals surface area (Å²) in [6, 6.07) is 11.4. The van der Waals surface area contributed by atoms with Crippen molar-refractivity contribution in [3.63, 3.8) is 0 Å². The molecule has 0 aliphatic rings. The number of amides is 1. The number of hydrogen-bond acceptors (Lipinski definition) is 6. The third-order valence-electron chi connectivity index (χ3n) is 5.08. The maximum Gasteiger partial charge on any atom is 0.408 e. The predicted octanol–water partition coefficient (Wildman–Crippen LogP) is 5.28. The highest BCUT2D eigenvalue weighted by Crippen LogP contribution is 2.28. The molecule has 0 fully saturated rings. The fourth-order valence-electron chi connectivity index (χ4n) is 3.97. The number of nitrogens with zero attached hydrogens (tertiary/aromatic N) is 4. The molecule has 1 aromatic carbocycles. The highest BCUT2D eigenvalue weighted by Gasteiger charge is 2.31. The molecular weight excluding hydrogens is 430 g/mol. The average molecular weight is 464 g/mol. The Hall–Kier alpha value is -3.60. The van der Waals surface area contributed by atoms with E-state index >= 15 is 0 Å². The molecule has 3 aromatic rings. The van der Waals surface area contributed by atoms with Crippen LogP contribution in [-0.2, 0) is 4.74 Å². The molecule has 2 heterocycles. The molecule has 8 nitrogen and oxygen atoms in total. The van der Waals surface area contributed by atoms with Gasteiger partial charge in [-0.25, -0.2) is 14.3 Å². The first-order chi connectivity index (χ1) is 15.9. The molecule has 2 aromatic heterocycles. The van der Waals surface area contributed by atoms with Gasteiger partial charge in [-0.1, -0.05) is 13.8 Å². The fraction of sp³-hybridized carbons (Fsp3) is 0.462. The van der Waals surface area contributed by atoms with E-state index in [0.29, 0.717) is 23.7 Å². The molecule has 34 heavy (non-hydrogen) atoms. The molecule has 1 N–H and O–H groups in total. The Morgan fingerprint density at radius 2 is 1.94 bits per heavy atom. The Morgan fingerprint density at radius 1 is 1.21 bits per heavy atom. The number of nitrogens with one attached hydrogen (secondary N) is 1. The van der Waals surface area contributed by atoms with Crippen molar-refractivity contribution < 1.29 is 14.3 Å². The van der Waals surface area contributed by atoms with Gasteiger partial charge in [0.2, 0.25) is 0 Å². The number of aryl methyl sites for hydroxylation is 1. The maximum atomic E-state index is 12.4. The van der Waals surface area contributed by atoms with Crippen LogP contribution in [0.15, 0.2) is 36.5 Å². The van der Waals surface area contributed by atoms with E-state index in [0.717, 1.165) is 22.6 Å². The third kappa shape index (κ3) is 6.25. The Kier molecular flexibility index (Phi) is 7.15. The fourth-order valence-corrected chi connectivity index (χ4v) is 3.97. The van der Waals surface area contributed by atoms with Gasteiger partial charge in [0.25, 0.3) is 0 Å². The van der Waals surface area contributed by atoms with E-state index in [9.17, 15) is 10.1 Å². The van der Waals surface area contributed by atoms with Crippen LogP contribution in [0, 0.1) is 24.2 Å². The zero-order valence-corrected chi connectivity index (χ0v) is 21.0. The largest absolute Gasteiger partial charge is 0.490 e. The Morgan fingerprint density at radius 3 is 2.59 bits per heavy atom. The van der Waals surface area contributed by atoms with Gasteiger partial charge in [0, 0.05) is 17.8 Å². The van der Waals surface area contributed by atoms with Gasteiger partial charge in [-0.05, 0) is 71.2 Å². The molecular formula is C26H33N5O3. The number of hydrogen-bond donors (Lipinski definition) is 1. The molecule has 180 valence electrons. The first-order valence-electron chi connectivity index (χ1n) is 11.4. The summed E-state index contributed by atoms with van der Waals surface area (Å²) < 4.78 is 13.3. The summed E-state index contributed by atoms with van der Waals surface area (Å²) in [6.45, 7) is 13.7. The first-order valence-corrected chi connectivity index (χ1v) is 11.4. The zero-order valence-electron chi connectivity index (χ0n) is 21.0. The van der Waals surface area contributed by atoms with Gasteiger partial charge in [0.1, 0.15) is 24.0 Å². The van der Waals surface area contributed by atoms with Crippen molar-refractivity contribution in [2.24, 2.45) is 5.92 Å². The third-order valence-corrected chi connectivity index (χ3v) is 5.08. The Balaban J connectivity index is 1.83. The van der Waals surface area contributed by atoms with Gasteiger partial charge in [0.15, 0.2) is 5.65 Å². The summed E-state index contributed by atoms with van der Waals surface area (Å²) >= 11 is 0. The van der Waals surface area contributed by atoms with Crippen molar-refractivity contribution in [2.45, 2.75) is 66.0 Å². The van der Waals surface area contributed by atoms with E-state index in [1.807, 2.05) is 52.8 Å². The normalized spacial score (nSPS) is 13.4.